The van der Waals surface area contributed by atoms with E-state index in [1.165, 1.54) is 57.8 Å². The highest BCUT2D eigenvalue weighted by Crippen LogP contribution is 2.38. The predicted octanol–water partition coefficient (Wildman–Crippen LogP) is 4.50. The lowest BCUT2D eigenvalue weighted by atomic mass is 9.68. The first-order valence-electron chi connectivity index (χ1n) is 7.37. The van der Waals surface area contributed by atoms with Gasteiger partial charge in [-0.05, 0) is 31.1 Å². The number of hydrogen-bond acceptors (Lipinski definition) is 1. The van der Waals surface area contributed by atoms with Gasteiger partial charge in [-0.15, -0.1) is 0 Å². The predicted molar refractivity (Wildman–Crippen MR) is 72.5 cm³/mol. The van der Waals surface area contributed by atoms with Crippen molar-refractivity contribution in [2.45, 2.75) is 84.1 Å². The molecule has 0 heterocycles. The molecule has 1 heteroatoms. The zero-order chi connectivity index (χ0) is 12.0. The Balaban J connectivity index is 2.26. The van der Waals surface area contributed by atoms with E-state index in [4.69, 9.17) is 5.73 Å². The van der Waals surface area contributed by atoms with E-state index in [1.807, 2.05) is 0 Å². The molecule has 16 heavy (non-hydrogen) atoms. The molecule has 0 amide bonds. The Labute approximate surface area is 102 Å². The van der Waals surface area contributed by atoms with Gasteiger partial charge in [-0.2, -0.15) is 0 Å². The largest absolute Gasteiger partial charge is 0.325 e. The first-order chi connectivity index (χ1) is 7.58. The van der Waals surface area contributed by atoms with Gasteiger partial charge in [0.25, 0.3) is 0 Å². The lowest BCUT2D eigenvalue weighted by Gasteiger charge is -2.42. The van der Waals surface area contributed by atoms with Gasteiger partial charge in [0.2, 0.25) is 0 Å². The van der Waals surface area contributed by atoms with E-state index in [0.29, 0.717) is 0 Å². The molecule has 0 aromatic rings. The minimum Gasteiger partial charge on any atom is -0.325 e. The molecule has 1 nitrogen and oxygen atoms in total. The fourth-order valence-electron chi connectivity index (χ4n) is 3.18. The molecule has 0 aliphatic heterocycles. The Bertz CT molecular complexity index is 190. The van der Waals surface area contributed by atoms with E-state index in [-0.39, 0.29) is 5.54 Å². The van der Waals surface area contributed by atoms with E-state index in [9.17, 15) is 0 Å². The smallest absolute Gasteiger partial charge is 0.0182 e. The van der Waals surface area contributed by atoms with Gasteiger partial charge in [-0.25, -0.2) is 0 Å². The van der Waals surface area contributed by atoms with Crippen molar-refractivity contribution in [3.05, 3.63) is 0 Å². The SMILES string of the molecule is CCCCCCCC1(N)CC(C)CCC1C. The van der Waals surface area contributed by atoms with Gasteiger partial charge in [0, 0.05) is 5.54 Å². The molecule has 96 valence electrons. The Kier molecular flexibility index (Phi) is 5.82. The van der Waals surface area contributed by atoms with Crippen LogP contribution < -0.4 is 5.73 Å². The van der Waals surface area contributed by atoms with E-state index >= 15 is 0 Å². The molecular weight excluding hydrogens is 194 g/mol. The number of unbranched alkanes of at least 4 members (excludes halogenated alkanes) is 4. The van der Waals surface area contributed by atoms with Crippen LogP contribution in [0.2, 0.25) is 0 Å². The highest BCUT2D eigenvalue weighted by atomic mass is 14.8. The maximum absolute atomic E-state index is 6.61. The summed E-state index contributed by atoms with van der Waals surface area (Å²) < 4.78 is 0. The third-order valence-corrected chi connectivity index (χ3v) is 4.55. The van der Waals surface area contributed by atoms with Gasteiger partial charge >= 0.3 is 0 Å². The Morgan fingerprint density at radius 3 is 2.44 bits per heavy atom. The van der Waals surface area contributed by atoms with Crippen LogP contribution in [0.15, 0.2) is 0 Å². The van der Waals surface area contributed by atoms with Crippen molar-refractivity contribution in [1.29, 1.82) is 0 Å². The van der Waals surface area contributed by atoms with Crippen LogP contribution in [-0.4, -0.2) is 5.54 Å². The molecule has 0 bridgehead atoms. The van der Waals surface area contributed by atoms with Crippen LogP contribution in [0.3, 0.4) is 0 Å². The molecule has 2 N–H and O–H groups in total. The van der Waals surface area contributed by atoms with Crippen molar-refractivity contribution in [3.8, 4) is 0 Å². The normalized spacial score (nSPS) is 35.2. The third kappa shape index (κ3) is 4.08. The lowest BCUT2D eigenvalue weighted by molar-refractivity contribution is 0.148. The van der Waals surface area contributed by atoms with Crippen molar-refractivity contribution in [2.24, 2.45) is 17.6 Å². The quantitative estimate of drug-likeness (QED) is 0.662. The van der Waals surface area contributed by atoms with Crippen LogP contribution in [0.1, 0.15) is 78.6 Å². The van der Waals surface area contributed by atoms with Crippen LogP contribution in [0.4, 0.5) is 0 Å². The second-order valence-electron chi connectivity index (χ2n) is 6.19. The molecule has 1 aliphatic rings. The van der Waals surface area contributed by atoms with Crippen LogP contribution in [-0.2, 0) is 0 Å². The lowest BCUT2D eigenvalue weighted by Crippen LogP contribution is -2.49. The summed E-state index contributed by atoms with van der Waals surface area (Å²) in [6.45, 7) is 7.00. The first-order valence-corrected chi connectivity index (χ1v) is 7.37. The minimum absolute atomic E-state index is 0.157. The topological polar surface area (TPSA) is 26.0 Å². The first kappa shape index (κ1) is 14.0. The summed E-state index contributed by atoms with van der Waals surface area (Å²) in [5.74, 6) is 1.58. The standard InChI is InChI=1S/C15H31N/c1-4-5-6-7-8-11-15(16)12-13(2)9-10-14(15)3/h13-14H,4-12,16H2,1-3H3. The van der Waals surface area contributed by atoms with Gasteiger partial charge in [-0.3, -0.25) is 0 Å². The molecule has 0 radical (unpaired) electrons. The van der Waals surface area contributed by atoms with Crippen molar-refractivity contribution >= 4 is 0 Å². The minimum atomic E-state index is 0.157. The average Bonchev–Trinajstić information content (AvgIpc) is 2.24. The maximum atomic E-state index is 6.61. The highest BCUT2D eigenvalue weighted by molar-refractivity contribution is 4.94. The monoisotopic (exact) mass is 225 g/mol. The van der Waals surface area contributed by atoms with Gasteiger partial charge in [0.15, 0.2) is 0 Å². The summed E-state index contributed by atoms with van der Waals surface area (Å²) in [5.41, 5.74) is 6.76. The molecule has 0 saturated heterocycles. The van der Waals surface area contributed by atoms with E-state index in [2.05, 4.69) is 20.8 Å². The highest BCUT2D eigenvalue weighted by Gasteiger charge is 2.36. The number of nitrogens with two attached hydrogens (primary N) is 1. The van der Waals surface area contributed by atoms with Crippen LogP contribution >= 0.6 is 0 Å². The summed E-state index contributed by atoms with van der Waals surface area (Å²) in [6.07, 6.45) is 12.1. The molecule has 0 aromatic carbocycles. The van der Waals surface area contributed by atoms with Gasteiger partial charge in [-0.1, -0.05) is 59.3 Å². The van der Waals surface area contributed by atoms with E-state index in [0.717, 1.165) is 11.8 Å². The molecule has 1 saturated carbocycles. The fourth-order valence-corrected chi connectivity index (χ4v) is 3.18. The third-order valence-electron chi connectivity index (χ3n) is 4.55. The van der Waals surface area contributed by atoms with Crippen molar-refractivity contribution in [2.75, 3.05) is 0 Å². The Hall–Kier alpha value is -0.0400. The summed E-state index contributed by atoms with van der Waals surface area (Å²) in [5, 5.41) is 0. The number of hydrogen-bond donors (Lipinski definition) is 1. The Morgan fingerprint density at radius 1 is 1.06 bits per heavy atom. The molecule has 1 fully saturated rings. The summed E-state index contributed by atoms with van der Waals surface area (Å²) in [7, 11) is 0. The molecule has 3 unspecified atom stereocenters. The average molecular weight is 225 g/mol. The molecule has 3 atom stereocenters. The van der Waals surface area contributed by atoms with Crippen LogP contribution in [0.5, 0.6) is 0 Å². The zero-order valence-electron chi connectivity index (χ0n) is 11.6. The number of rotatable bonds is 6. The second kappa shape index (κ2) is 6.64. The summed E-state index contributed by atoms with van der Waals surface area (Å²) >= 11 is 0. The van der Waals surface area contributed by atoms with E-state index in [1.54, 1.807) is 0 Å². The van der Waals surface area contributed by atoms with Crippen LogP contribution in [0.25, 0.3) is 0 Å². The fraction of sp³-hybridized carbons (Fsp3) is 1.00. The molecular formula is C15H31N. The van der Waals surface area contributed by atoms with E-state index < -0.39 is 0 Å². The molecule has 1 rings (SSSR count). The van der Waals surface area contributed by atoms with Crippen molar-refractivity contribution in [3.63, 3.8) is 0 Å². The zero-order valence-corrected chi connectivity index (χ0v) is 11.6. The molecule has 0 spiro atoms. The summed E-state index contributed by atoms with van der Waals surface area (Å²) in [4.78, 5) is 0. The van der Waals surface area contributed by atoms with Gasteiger partial charge in [0.05, 0.1) is 0 Å². The molecule has 1 aliphatic carbocycles. The second-order valence-corrected chi connectivity index (χ2v) is 6.19. The van der Waals surface area contributed by atoms with Gasteiger partial charge < -0.3 is 5.73 Å². The van der Waals surface area contributed by atoms with Crippen LogP contribution in [0, 0.1) is 11.8 Å². The summed E-state index contributed by atoms with van der Waals surface area (Å²) in [6, 6.07) is 0. The van der Waals surface area contributed by atoms with Gasteiger partial charge in [0.1, 0.15) is 0 Å². The molecule has 0 aromatic heterocycles. The maximum Gasteiger partial charge on any atom is 0.0182 e. The van der Waals surface area contributed by atoms with Crippen molar-refractivity contribution in [1.82, 2.24) is 0 Å². The van der Waals surface area contributed by atoms with Crippen molar-refractivity contribution < 1.29 is 0 Å². The Morgan fingerprint density at radius 2 is 1.75 bits per heavy atom.